The Labute approximate surface area is 121 Å². The Hall–Kier alpha value is -0.680. The van der Waals surface area contributed by atoms with Crippen LogP contribution in [0.5, 0.6) is 0 Å². The maximum Gasteiger partial charge on any atom is 0.329 e. The number of nitrogens with zero attached hydrogens (tertiary/aromatic N) is 1. The van der Waals surface area contributed by atoms with Crippen molar-refractivity contribution in [3.05, 3.63) is 31.6 Å². The smallest absolute Gasteiger partial charge is 0.297 e. The quantitative estimate of drug-likeness (QED) is 0.873. The summed E-state index contributed by atoms with van der Waals surface area (Å²) in [5.41, 5.74) is -0.137. The van der Waals surface area contributed by atoms with Gasteiger partial charge in [0.15, 0.2) is 0 Å². The molecule has 1 aliphatic rings. The van der Waals surface area contributed by atoms with Crippen molar-refractivity contribution in [3.8, 4) is 0 Å². The maximum absolute atomic E-state index is 12.4. The number of H-pyrrole nitrogens is 1. The summed E-state index contributed by atoms with van der Waals surface area (Å²) >= 11 is 7.82. The van der Waals surface area contributed by atoms with E-state index < -0.39 is 5.69 Å². The van der Waals surface area contributed by atoms with Gasteiger partial charge in [-0.25, -0.2) is 4.79 Å². The molecule has 1 fully saturated rings. The Morgan fingerprint density at radius 2 is 2.16 bits per heavy atom. The maximum atomic E-state index is 12.4. The van der Waals surface area contributed by atoms with Gasteiger partial charge >= 0.3 is 5.69 Å². The fourth-order valence-corrected chi connectivity index (χ4v) is 4.05. The molecule has 1 saturated heterocycles. The van der Waals surface area contributed by atoms with E-state index in [4.69, 9.17) is 11.6 Å². The van der Waals surface area contributed by atoms with Crippen molar-refractivity contribution >= 4 is 23.4 Å². The zero-order valence-corrected chi connectivity index (χ0v) is 12.8. The monoisotopic (exact) mass is 302 g/mol. The molecule has 1 atom stereocenters. The summed E-state index contributed by atoms with van der Waals surface area (Å²) in [5, 5.41) is 0.534. The van der Waals surface area contributed by atoms with Gasteiger partial charge in [0.05, 0.1) is 5.56 Å². The number of halogens is 1. The van der Waals surface area contributed by atoms with Crippen molar-refractivity contribution < 1.29 is 0 Å². The number of nitrogens with one attached hydrogen (secondary N) is 1. The normalized spacial score (nSPS) is 19.9. The lowest BCUT2D eigenvalue weighted by Gasteiger charge is -2.22. The predicted octanol–water partition coefficient (Wildman–Crippen LogP) is 2.60. The van der Waals surface area contributed by atoms with Crippen LogP contribution < -0.4 is 11.2 Å². The average molecular weight is 303 g/mol. The molecule has 6 heteroatoms. The third-order valence-corrected chi connectivity index (χ3v) is 5.09. The van der Waals surface area contributed by atoms with E-state index in [9.17, 15) is 9.59 Å². The van der Waals surface area contributed by atoms with Gasteiger partial charge in [0.1, 0.15) is 5.15 Å². The second-order valence-electron chi connectivity index (χ2n) is 5.22. The van der Waals surface area contributed by atoms with Gasteiger partial charge in [0, 0.05) is 11.8 Å². The summed E-state index contributed by atoms with van der Waals surface area (Å²) in [6, 6.07) is 0. The molecule has 0 bridgehead atoms. The summed E-state index contributed by atoms with van der Waals surface area (Å²) in [4.78, 5) is 26.9. The zero-order valence-electron chi connectivity index (χ0n) is 11.2. The van der Waals surface area contributed by atoms with Crippen LogP contribution in [0.2, 0.25) is 5.15 Å². The summed E-state index contributed by atoms with van der Waals surface area (Å²) in [6.07, 6.45) is 3.47. The highest BCUT2D eigenvalue weighted by Crippen LogP contribution is 2.26. The molecular weight excluding hydrogens is 284 g/mol. The molecule has 1 N–H and O–H groups in total. The summed E-state index contributed by atoms with van der Waals surface area (Å²) in [7, 11) is 0. The van der Waals surface area contributed by atoms with Gasteiger partial charge in [-0.2, -0.15) is 11.8 Å². The van der Waals surface area contributed by atoms with Gasteiger partial charge < -0.3 is 0 Å². The van der Waals surface area contributed by atoms with Crippen LogP contribution in [0.1, 0.15) is 44.6 Å². The Bertz CT molecular complexity index is 559. The Balaban J connectivity index is 2.37. The number of hydrogen-bond donors (Lipinski definition) is 1. The van der Waals surface area contributed by atoms with Crippen LogP contribution in [0.25, 0.3) is 0 Å². The lowest BCUT2D eigenvalue weighted by Crippen LogP contribution is -2.40. The fraction of sp³-hybridized carbons (Fsp3) is 0.692. The lowest BCUT2D eigenvalue weighted by atomic mass is 10.1. The first-order valence-corrected chi connectivity index (χ1v) is 8.07. The molecule has 0 spiro atoms. The van der Waals surface area contributed by atoms with Gasteiger partial charge in [-0.3, -0.25) is 14.3 Å². The number of thioether (sulfide) groups is 1. The molecule has 19 heavy (non-hydrogen) atoms. The van der Waals surface area contributed by atoms with Crippen molar-refractivity contribution in [3.63, 3.8) is 0 Å². The van der Waals surface area contributed by atoms with Gasteiger partial charge in [-0.1, -0.05) is 31.9 Å². The highest BCUT2D eigenvalue weighted by Gasteiger charge is 2.20. The van der Waals surface area contributed by atoms with Gasteiger partial charge in [0.2, 0.25) is 0 Å². The van der Waals surface area contributed by atoms with Crippen LogP contribution in [-0.4, -0.2) is 20.6 Å². The van der Waals surface area contributed by atoms with E-state index in [1.165, 1.54) is 17.4 Å². The molecule has 0 aliphatic carbocycles. The molecule has 0 radical (unpaired) electrons. The molecule has 1 aromatic rings. The average Bonchev–Trinajstić information content (AvgIpc) is 2.35. The summed E-state index contributed by atoms with van der Waals surface area (Å²) < 4.78 is 1.31. The molecule has 0 amide bonds. The van der Waals surface area contributed by atoms with Crippen LogP contribution in [-0.2, 0) is 6.54 Å². The summed E-state index contributed by atoms with van der Waals surface area (Å²) in [6.45, 7) is 4.29. The van der Waals surface area contributed by atoms with Gasteiger partial charge in [-0.05, 0) is 24.5 Å². The third kappa shape index (κ3) is 3.26. The topological polar surface area (TPSA) is 54.9 Å². The first kappa shape index (κ1) is 14.7. The van der Waals surface area contributed by atoms with Crippen LogP contribution in [0, 0.1) is 0 Å². The van der Waals surface area contributed by atoms with Crippen molar-refractivity contribution in [1.29, 1.82) is 0 Å². The zero-order chi connectivity index (χ0) is 14.0. The highest BCUT2D eigenvalue weighted by atomic mass is 35.5. The molecular formula is C13H19ClN2O2S. The van der Waals surface area contributed by atoms with Crippen LogP contribution in [0.15, 0.2) is 9.59 Å². The first-order chi connectivity index (χ1) is 9.00. The third-order valence-electron chi connectivity index (χ3n) is 3.41. The Morgan fingerprint density at radius 1 is 1.42 bits per heavy atom. The minimum absolute atomic E-state index is 0.00195. The van der Waals surface area contributed by atoms with Crippen LogP contribution >= 0.6 is 23.4 Å². The highest BCUT2D eigenvalue weighted by molar-refractivity contribution is 7.99. The molecule has 2 rings (SSSR count). The van der Waals surface area contributed by atoms with Crippen LogP contribution in [0.3, 0.4) is 0 Å². The van der Waals surface area contributed by atoms with E-state index in [0.717, 1.165) is 12.2 Å². The van der Waals surface area contributed by atoms with E-state index in [0.29, 0.717) is 17.4 Å². The van der Waals surface area contributed by atoms with E-state index in [-0.39, 0.29) is 16.6 Å². The predicted molar refractivity (Wildman–Crippen MR) is 80.5 cm³/mol. The lowest BCUT2D eigenvalue weighted by molar-refractivity contribution is 0.546. The first-order valence-electron chi connectivity index (χ1n) is 6.64. The SMILES string of the molecule is CC(C)c1c(Cl)[nH]c(=O)n(CC2CCCCS2)c1=O. The number of aromatic nitrogens is 2. The molecule has 0 aromatic carbocycles. The Morgan fingerprint density at radius 3 is 2.74 bits per heavy atom. The molecule has 1 aliphatic heterocycles. The van der Waals surface area contributed by atoms with Crippen molar-refractivity contribution in [2.45, 2.75) is 50.8 Å². The van der Waals surface area contributed by atoms with Gasteiger partial charge in [-0.15, -0.1) is 0 Å². The van der Waals surface area contributed by atoms with Crippen LogP contribution in [0.4, 0.5) is 0 Å². The van der Waals surface area contributed by atoms with Crippen molar-refractivity contribution in [2.24, 2.45) is 0 Å². The standard InChI is InChI=1S/C13H19ClN2O2S/c1-8(2)10-11(14)15-13(18)16(12(10)17)7-9-5-3-4-6-19-9/h8-9H,3-7H2,1-2H3,(H,15,18). The number of aromatic amines is 1. The second-order valence-corrected chi connectivity index (χ2v) is 7.00. The molecule has 106 valence electrons. The van der Waals surface area contributed by atoms with E-state index in [2.05, 4.69) is 4.98 Å². The largest absolute Gasteiger partial charge is 0.329 e. The van der Waals surface area contributed by atoms with Crippen molar-refractivity contribution in [2.75, 3.05) is 5.75 Å². The van der Waals surface area contributed by atoms with Crippen molar-refractivity contribution in [1.82, 2.24) is 9.55 Å². The Kier molecular flexibility index (Phi) is 4.79. The summed E-state index contributed by atoms with van der Waals surface area (Å²) in [5.74, 6) is 1.11. The van der Waals surface area contributed by atoms with E-state index >= 15 is 0 Å². The van der Waals surface area contributed by atoms with E-state index in [1.807, 2.05) is 25.6 Å². The number of rotatable bonds is 3. The fourth-order valence-electron chi connectivity index (χ4n) is 2.38. The molecule has 1 unspecified atom stereocenters. The van der Waals surface area contributed by atoms with Gasteiger partial charge in [0.25, 0.3) is 5.56 Å². The molecule has 1 aromatic heterocycles. The minimum Gasteiger partial charge on any atom is -0.297 e. The molecule has 2 heterocycles. The van der Waals surface area contributed by atoms with E-state index in [1.54, 1.807) is 0 Å². The number of hydrogen-bond acceptors (Lipinski definition) is 3. The minimum atomic E-state index is -0.398. The molecule has 4 nitrogen and oxygen atoms in total. The molecule has 0 saturated carbocycles. The second kappa shape index (κ2) is 6.18.